The van der Waals surface area contributed by atoms with Crippen molar-refractivity contribution in [3.05, 3.63) is 60.2 Å². The van der Waals surface area contributed by atoms with Gasteiger partial charge in [0.05, 0.1) is 12.2 Å². The zero-order valence-electron chi connectivity index (χ0n) is 14.4. The highest BCUT2D eigenvalue weighted by Crippen LogP contribution is 2.19. The lowest BCUT2D eigenvalue weighted by Gasteiger charge is -2.05. The summed E-state index contributed by atoms with van der Waals surface area (Å²) in [5, 5.41) is 0. The first-order chi connectivity index (χ1) is 11.8. The first-order valence-electron chi connectivity index (χ1n) is 8.80. The fourth-order valence-corrected chi connectivity index (χ4v) is 2.51. The molecule has 128 valence electrons. The van der Waals surface area contributed by atoms with E-state index in [2.05, 4.69) is 6.92 Å². The number of unbranched alkanes of at least 4 members (excludes halogenated alkanes) is 5. The molecular weight excluding hydrogens is 300 g/mol. The molecule has 0 radical (unpaired) electrons. The van der Waals surface area contributed by atoms with Crippen molar-refractivity contribution in [1.82, 2.24) is 0 Å². The normalized spacial score (nSPS) is 10.5. The van der Waals surface area contributed by atoms with Crippen LogP contribution in [-0.4, -0.2) is 12.6 Å². The van der Waals surface area contributed by atoms with Gasteiger partial charge in [0.2, 0.25) is 0 Å². The molecule has 0 aliphatic carbocycles. The van der Waals surface area contributed by atoms with Gasteiger partial charge in [-0.15, -0.1) is 0 Å². The Hall–Kier alpha value is -2.13. The first-order valence-corrected chi connectivity index (χ1v) is 8.80. The Morgan fingerprint density at radius 2 is 1.42 bits per heavy atom. The van der Waals surface area contributed by atoms with Crippen molar-refractivity contribution in [3.8, 4) is 11.1 Å². The molecule has 3 heteroatoms. The molecule has 3 nitrogen and oxygen atoms in total. The summed E-state index contributed by atoms with van der Waals surface area (Å²) >= 11 is 0. The van der Waals surface area contributed by atoms with Gasteiger partial charge in [-0.25, -0.2) is 4.79 Å². The average molecular weight is 326 g/mol. The largest absolute Gasteiger partial charge is 0.373 e. The first kappa shape index (κ1) is 18.2. The van der Waals surface area contributed by atoms with Crippen LogP contribution in [-0.2, 0) is 9.78 Å². The summed E-state index contributed by atoms with van der Waals surface area (Å²) in [6, 6.07) is 17.4. The third kappa shape index (κ3) is 6.17. The molecule has 0 saturated carbocycles. The maximum absolute atomic E-state index is 11.9. The minimum atomic E-state index is -0.444. The second-order valence-corrected chi connectivity index (χ2v) is 5.90. The molecule has 0 aliphatic heterocycles. The van der Waals surface area contributed by atoms with Crippen LogP contribution in [0.2, 0.25) is 0 Å². The topological polar surface area (TPSA) is 35.5 Å². The van der Waals surface area contributed by atoms with Gasteiger partial charge < -0.3 is 0 Å². The monoisotopic (exact) mass is 326 g/mol. The highest BCUT2D eigenvalue weighted by Gasteiger charge is 2.08. The molecule has 2 rings (SSSR count). The van der Waals surface area contributed by atoms with Crippen molar-refractivity contribution in [1.29, 1.82) is 0 Å². The zero-order chi connectivity index (χ0) is 17.0. The number of rotatable bonds is 10. The van der Waals surface area contributed by atoms with E-state index >= 15 is 0 Å². The summed E-state index contributed by atoms with van der Waals surface area (Å²) in [7, 11) is 0. The van der Waals surface area contributed by atoms with Gasteiger partial charge >= 0.3 is 5.97 Å². The van der Waals surface area contributed by atoms with Crippen molar-refractivity contribution in [2.24, 2.45) is 0 Å². The van der Waals surface area contributed by atoms with Gasteiger partial charge in [0.15, 0.2) is 0 Å². The predicted octanol–water partition coefficient (Wildman–Crippen LogP) is 5.80. The molecule has 0 heterocycles. The molecule has 2 aromatic carbocycles. The number of benzene rings is 2. The Bertz CT molecular complexity index is 590. The van der Waals surface area contributed by atoms with Crippen LogP contribution in [0.1, 0.15) is 55.8 Å². The lowest BCUT2D eigenvalue weighted by atomic mass is 10.0. The van der Waals surface area contributed by atoms with E-state index in [-0.39, 0.29) is 0 Å². The van der Waals surface area contributed by atoms with Crippen LogP contribution in [0.4, 0.5) is 0 Å². The molecular formula is C21H26O3. The Kier molecular flexibility index (Phi) is 8.05. The maximum atomic E-state index is 11.9. The zero-order valence-corrected chi connectivity index (χ0v) is 14.4. The number of hydrogen-bond donors (Lipinski definition) is 0. The van der Waals surface area contributed by atoms with E-state index in [1.165, 1.54) is 25.7 Å². The summed E-state index contributed by atoms with van der Waals surface area (Å²) in [4.78, 5) is 21.8. The number of carbonyl (C=O) groups is 1. The molecule has 0 bridgehead atoms. The van der Waals surface area contributed by atoms with E-state index in [1.54, 1.807) is 12.1 Å². The van der Waals surface area contributed by atoms with E-state index in [4.69, 9.17) is 9.78 Å². The van der Waals surface area contributed by atoms with Crippen molar-refractivity contribution in [2.75, 3.05) is 6.61 Å². The third-order valence-corrected chi connectivity index (χ3v) is 3.94. The van der Waals surface area contributed by atoms with E-state index in [1.807, 2.05) is 42.5 Å². The fraction of sp³-hybridized carbons (Fsp3) is 0.381. The summed E-state index contributed by atoms with van der Waals surface area (Å²) in [6.07, 6.45) is 7.05. The van der Waals surface area contributed by atoms with Gasteiger partial charge in [0, 0.05) is 0 Å². The lowest BCUT2D eigenvalue weighted by molar-refractivity contribution is -0.241. The quantitative estimate of drug-likeness (QED) is 0.314. The Balaban J connectivity index is 1.69. The van der Waals surface area contributed by atoms with Crippen LogP contribution in [0.5, 0.6) is 0 Å². The van der Waals surface area contributed by atoms with Crippen LogP contribution in [0, 0.1) is 0 Å². The average Bonchev–Trinajstić information content (AvgIpc) is 2.64. The maximum Gasteiger partial charge on any atom is 0.373 e. The van der Waals surface area contributed by atoms with Crippen LogP contribution >= 0.6 is 0 Å². The van der Waals surface area contributed by atoms with Crippen LogP contribution in [0.15, 0.2) is 54.6 Å². The molecule has 0 amide bonds. The Labute approximate surface area is 144 Å². The van der Waals surface area contributed by atoms with E-state index in [0.717, 1.165) is 24.0 Å². The van der Waals surface area contributed by atoms with E-state index in [0.29, 0.717) is 12.2 Å². The molecule has 0 aliphatic rings. The highest BCUT2D eigenvalue weighted by molar-refractivity contribution is 5.89. The molecule has 0 spiro atoms. The van der Waals surface area contributed by atoms with Gasteiger partial charge in [0.25, 0.3) is 0 Å². The minimum Gasteiger partial charge on any atom is -0.293 e. The van der Waals surface area contributed by atoms with Crippen molar-refractivity contribution in [2.45, 2.75) is 45.4 Å². The van der Waals surface area contributed by atoms with E-state index in [9.17, 15) is 4.79 Å². The highest BCUT2D eigenvalue weighted by atomic mass is 17.2. The summed E-state index contributed by atoms with van der Waals surface area (Å²) in [5.41, 5.74) is 2.69. The summed E-state index contributed by atoms with van der Waals surface area (Å²) in [6.45, 7) is 2.66. The summed E-state index contributed by atoms with van der Waals surface area (Å²) < 4.78 is 0. The van der Waals surface area contributed by atoms with Crippen LogP contribution < -0.4 is 0 Å². The van der Waals surface area contributed by atoms with Crippen molar-refractivity contribution < 1.29 is 14.6 Å². The minimum absolute atomic E-state index is 0.444. The smallest absolute Gasteiger partial charge is 0.293 e. The van der Waals surface area contributed by atoms with Gasteiger partial charge in [-0.1, -0.05) is 81.5 Å². The van der Waals surface area contributed by atoms with Crippen LogP contribution in [0.3, 0.4) is 0 Å². The molecule has 0 saturated heterocycles. The molecule has 0 unspecified atom stereocenters. The predicted molar refractivity (Wildman–Crippen MR) is 96.6 cm³/mol. The van der Waals surface area contributed by atoms with Gasteiger partial charge in [-0.05, 0) is 29.7 Å². The second-order valence-electron chi connectivity index (χ2n) is 5.90. The SMILES string of the molecule is CCCCCCCCOOC(=O)c1ccc(-c2ccccc2)cc1. The van der Waals surface area contributed by atoms with Gasteiger partial charge in [-0.3, -0.25) is 4.89 Å². The van der Waals surface area contributed by atoms with Gasteiger partial charge in [-0.2, -0.15) is 4.89 Å². The summed E-state index contributed by atoms with van der Waals surface area (Å²) in [5.74, 6) is -0.444. The molecule has 0 fully saturated rings. The van der Waals surface area contributed by atoms with Gasteiger partial charge in [0.1, 0.15) is 0 Å². The van der Waals surface area contributed by atoms with Crippen molar-refractivity contribution in [3.63, 3.8) is 0 Å². The van der Waals surface area contributed by atoms with E-state index < -0.39 is 5.97 Å². The molecule has 0 N–H and O–H groups in total. The fourth-order valence-electron chi connectivity index (χ4n) is 2.51. The molecule has 0 aromatic heterocycles. The molecule has 2 aromatic rings. The number of hydrogen-bond acceptors (Lipinski definition) is 3. The Morgan fingerprint density at radius 1 is 0.792 bits per heavy atom. The van der Waals surface area contributed by atoms with Crippen molar-refractivity contribution >= 4 is 5.97 Å². The molecule has 24 heavy (non-hydrogen) atoms. The lowest BCUT2D eigenvalue weighted by Crippen LogP contribution is -2.07. The van der Waals surface area contributed by atoms with Crippen LogP contribution in [0.25, 0.3) is 11.1 Å². The third-order valence-electron chi connectivity index (χ3n) is 3.94. The second kappa shape index (κ2) is 10.6. The number of carbonyl (C=O) groups excluding carboxylic acids is 1. The Morgan fingerprint density at radius 3 is 2.12 bits per heavy atom. The molecule has 0 atom stereocenters. The standard InChI is InChI=1S/C21H26O3/c1-2-3-4-5-6-10-17-23-24-21(22)20-15-13-19(14-16-20)18-11-8-7-9-12-18/h7-9,11-16H,2-6,10,17H2,1H3.